The van der Waals surface area contributed by atoms with Crippen LogP contribution in [0.5, 0.6) is 0 Å². The van der Waals surface area contributed by atoms with Crippen molar-refractivity contribution < 1.29 is 9.59 Å². The monoisotopic (exact) mass is 408 g/mol. The summed E-state index contributed by atoms with van der Waals surface area (Å²) in [7, 11) is 0. The van der Waals surface area contributed by atoms with E-state index in [1.807, 2.05) is 6.92 Å². The van der Waals surface area contributed by atoms with Gasteiger partial charge in [-0.25, -0.2) is 0 Å². The molecular weight excluding hydrogens is 387 g/mol. The van der Waals surface area contributed by atoms with Crippen LogP contribution in [0.25, 0.3) is 6.08 Å². The summed E-state index contributed by atoms with van der Waals surface area (Å²) in [6.07, 6.45) is 3.02. The molecular formula is C19H22Cl2N4O2. The van der Waals surface area contributed by atoms with Crippen molar-refractivity contribution in [3.05, 3.63) is 45.7 Å². The molecule has 2 amide bonds. The fourth-order valence-corrected chi connectivity index (χ4v) is 2.99. The van der Waals surface area contributed by atoms with Crippen LogP contribution >= 0.6 is 23.2 Å². The summed E-state index contributed by atoms with van der Waals surface area (Å²) in [5, 5.41) is 10.6. The van der Waals surface area contributed by atoms with Crippen LogP contribution in [0.4, 0.5) is 11.4 Å². The molecule has 2 N–H and O–H groups in total. The van der Waals surface area contributed by atoms with E-state index in [-0.39, 0.29) is 11.8 Å². The third-order valence-electron chi connectivity index (χ3n) is 3.60. The van der Waals surface area contributed by atoms with Gasteiger partial charge in [0.15, 0.2) is 0 Å². The molecule has 144 valence electrons. The van der Waals surface area contributed by atoms with E-state index in [0.717, 1.165) is 5.69 Å². The quantitative estimate of drug-likeness (QED) is 0.676. The Kier molecular flexibility index (Phi) is 7.05. The Bertz CT molecular complexity index is 888. The number of benzene rings is 1. The van der Waals surface area contributed by atoms with Crippen LogP contribution in [-0.2, 0) is 16.1 Å². The van der Waals surface area contributed by atoms with Gasteiger partial charge in [0, 0.05) is 30.8 Å². The van der Waals surface area contributed by atoms with Crippen LogP contribution in [0.1, 0.15) is 32.0 Å². The molecule has 2 rings (SSSR count). The Morgan fingerprint density at radius 3 is 2.56 bits per heavy atom. The standard InChI is InChI=1S/C19H22Cl2N4O2/c1-11(2)10-25-19(21)15(12(3)24-25)6-8-18(27)23-17-7-5-14(9-16(17)20)22-13(4)26/h5-9,11H,10H2,1-4H3,(H,22,26)(H,23,27)/b8-6+. The fraction of sp³-hybridized carbons (Fsp3) is 0.316. The maximum Gasteiger partial charge on any atom is 0.248 e. The molecule has 0 spiro atoms. The fourth-order valence-electron chi connectivity index (χ4n) is 2.45. The van der Waals surface area contributed by atoms with Crippen molar-refractivity contribution in [2.24, 2.45) is 5.92 Å². The van der Waals surface area contributed by atoms with Gasteiger partial charge in [0.2, 0.25) is 11.8 Å². The lowest BCUT2D eigenvalue weighted by Gasteiger charge is -2.08. The molecule has 1 heterocycles. The summed E-state index contributed by atoms with van der Waals surface area (Å²) in [5.41, 5.74) is 2.46. The second-order valence-corrected chi connectivity index (χ2v) is 7.33. The second-order valence-electron chi connectivity index (χ2n) is 6.56. The Labute approximate surface area is 168 Å². The molecule has 6 nitrogen and oxygen atoms in total. The molecule has 1 aromatic carbocycles. The van der Waals surface area contributed by atoms with E-state index in [4.69, 9.17) is 23.2 Å². The SMILES string of the molecule is CC(=O)Nc1ccc(NC(=O)/C=C/c2c(C)nn(CC(C)C)c2Cl)c(Cl)c1. The van der Waals surface area contributed by atoms with Crippen LogP contribution in [0, 0.1) is 12.8 Å². The maximum atomic E-state index is 12.2. The topological polar surface area (TPSA) is 76.0 Å². The minimum atomic E-state index is -0.351. The minimum absolute atomic E-state index is 0.198. The van der Waals surface area contributed by atoms with Gasteiger partial charge < -0.3 is 10.6 Å². The number of halogens is 2. The van der Waals surface area contributed by atoms with E-state index in [2.05, 4.69) is 29.6 Å². The molecule has 0 radical (unpaired) electrons. The normalized spacial score (nSPS) is 11.2. The van der Waals surface area contributed by atoms with Gasteiger partial charge in [0.25, 0.3) is 0 Å². The van der Waals surface area contributed by atoms with Crippen LogP contribution in [0.3, 0.4) is 0 Å². The number of rotatable bonds is 6. The summed E-state index contributed by atoms with van der Waals surface area (Å²) < 4.78 is 1.73. The van der Waals surface area contributed by atoms with Crippen LogP contribution in [-0.4, -0.2) is 21.6 Å². The van der Waals surface area contributed by atoms with Gasteiger partial charge in [-0.05, 0) is 37.1 Å². The summed E-state index contributed by atoms with van der Waals surface area (Å²) in [6, 6.07) is 4.85. The van der Waals surface area contributed by atoms with Crippen molar-refractivity contribution in [3.8, 4) is 0 Å². The van der Waals surface area contributed by atoms with E-state index in [0.29, 0.717) is 39.6 Å². The molecule has 0 aliphatic heterocycles. The Morgan fingerprint density at radius 2 is 1.96 bits per heavy atom. The third-order valence-corrected chi connectivity index (χ3v) is 4.31. The van der Waals surface area contributed by atoms with Gasteiger partial charge in [-0.1, -0.05) is 37.0 Å². The zero-order valence-corrected chi connectivity index (χ0v) is 17.1. The number of aromatic nitrogens is 2. The van der Waals surface area contributed by atoms with E-state index >= 15 is 0 Å². The van der Waals surface area contributed by atoms with E-state index in [9.17, 15) is 9.59 Å². The van der Waals surface area contributed by atoms with Gasteiger partial charge >= 0.3 is 0 Å². The van der Waals surface area contributed by atoms with Crippen molar-refractivity contribution in [1.82, 2.24) is 9.78 Å². The highest BCUT2D eigenvalue weighted by Crippen LogP contribution is 2.26. The number of nitrogens with zero attached hydrogens (tertiary/aromatic N) is 2. The highest BCUT2D eigenvalue weighted by molar-refractivity contribution is 6.34. The van der Waals surface area contributed by atoms with Gasteiger partial charge in [-0.3, -0.25) is 14.3 Å². The number of aryl methyl sites for hydroxylation is 1. The molecule has 0 bridgehead atoms. The lowest BCUT2D eigenvalue weighted by atomic mass is 10.2. The smallest absolute Gasteiger partial charge is 0.248 e. The van der Waals surface area contributed by atoms with E-state index in [1.165, 1.54) is 13.0 Å². The predicted molar refractivity (Wildman–Crippen MR) is 110 cm³/mol. The largest absolute Gasteiger partial charge is 0.326 e. The van der Waals surface area contributed by atoms with Crippen LogP contribution in [0.15, 0.2) is 24.3 Å². The van der Waals surface area contributed by atoms with Crippen LogP contribution in [0.2, 0.25) is 10.2 Å². The van der Waals surface area contributed by atoms with Crippen molar-refractivity contribution >= 4 is 52.5 Å². The number of carbonyl (C=O) groups excluding carboxylic acids is 2. The van der Waals surface area contributed by atoms with E-state index < -0.39 is 0 Å². The van der Waals surface area contributed by atoms with Crippen molar-refractivity contribution in [2.45, 2.75) is 34.2 Å². The second kappa shape index (κ2) is 9.06. The highest BCUT2D eigenvalue weighted by atomic mass is 35.5. The molecule has 0 fully saturated rings. The number of hydrogen-bond donors (Lipinski definition) is 2. The summed E-state index contributed by atoms with van der Waals surface area (Å²) in [5.74, 6) is -0.142. The minimum Gasteiger partial charge on any atom is -0.326 e. The molecule has 2 aromatic rings. The van der Waals surface area contributed by atoms with E-state index in [1.54, 1.807) is 29.0 Å². The zero-order valence-electron chi connectivity index (χ0n) is 15.6. The van der Waals surface area contributed by atoms with Gasteiger partial charge in [0.1, 0.15) is 5.15 Å². The number of hydrogen-bond acceptors (Lipinski definition) is 3. The van der Waals surface area contributed by atoms with Crippen molar-refractivity contribution in [1.29, 1.82) is 0 Å². The number of amides is 2. The zero-order chi connectivity index (χ0) is 20.1. The summed E-state index contributed by atoms with van der Waals surface area (Å²) in [4.78, 5) is 23.3. The average Bonchev–Trinajstić information content (AvgIpc) is 2.81. The molecule has 0 saturated heterocycles. The first-order valence-electron chi connectivity index (χ1n) is 8.46. The Hall–Kier alpha value is -2.31. The lowest BCUT2D eigenvalue weighted by molar-refractivity contribution is -0.114. The maximum absolute atomic E-state index is 12.2. The van der Waals surface area contributed by atoms with Crippen LogP contribution < -0.4 is 10.6 Å². The van der Waals surface area contributed by atoms with Gasteiger partial charge in [0.05, 0.1) is 16.4 Å². The Morgan fingerprint density at radius 1 is 1.26 bits per heavy atom. The lowest BCUT2D eigenvalue weighted by Crippen LogP contribution is -2.09. The molecule has 0 unspecified atom stereocenters. The molecule has 0 atom stereocenters. The predicted octanol–water partition coefficient (Wildman–Crippen LogP) is 4.76. The molecule has 27 heavy (non-hydrogen) atoms. The first-order valence-corrected chi connectivity index (χ1v) is 9.22. The summed E-state index contributed by atoms with van der Waals surface area (Å²) >= 11 is 12.5. The third kappa shape index (κ3) is 5.84. The number of carbonyl (C=O) groups is 2. The molecule has 0 saturated carbocycles. The van der Waals surface area contributed by atoms with Gasteiger partial charge in [-0.2, -0.15) is 5.10 Å². The summed E-state index contributed by atoms with van der Waals surface area (Å²) in [6.45, 7) is 8.12. The molecule has 1 aromatic heterocycles. The Balaban J connectivity index is 2.10. The number of nitrogens with one attached hydrogen (secondary N) is 2. The molecule has 0 aliphatic carbocycles. The first kappa shape index (κ1) is 21.0. The first-order chi connectivity index (χ1) is 12.7. The highest BCUT2D eigenvalue weighted by Gasteiger charge is 2.12. The molecule has 0 aliphatic rings. The van der Waals surface area contributed by atoms with Crippen molar-refractivity contribution in [2.75, 3.05) is 10.6 Å². The van der Waals surface area contributed by atoms with Gasteiger partial charge in [-0.15, -0.1) is 0 Å². The number of anilines is 2. The van der Waals surface area contributed by atoms with Crippen molar-refractivity contribution in [3.63, 3.8) is 0 Å². The molecule has 8 heteroatoms. The average molecular weight is 409 g/mol.